The van der Waals surface area contributed by atoms with Gasteiger partial charge in [0.15, 0.2) is 0 Å². The van der Waals surface area contributed by atoms with E-state index >= 15 is 0 Å². The van der Waals surface area contributed by atoms with Crippen LogP contribution >= 0.6 is 0 Å². The first-order valence-corrected chi connectivity index (χ1v) is 7.20. The van der Waals surface area contributed by atoms with Gasteiger partial charge in [-0.25, -0.2) is 0 Å². The zero-order chi connectivity index (χ0) is 12.4. The van der Waals surface area contributed by atoms with Gasteiger partial charge in [-0.3, -0.25) is 9.69 Å². The Balaban J connectivity index is 1.48. The number of amides is 1. The molecule has 0 aromatic heterocycles. The smallest absolute Gasteiger partial charge is 0.251 e. The van der Waals surface area contributed by atoms with Crippen molar-refractivity contribution < 1.29 is 9.53 Å². The van der Waals surface area contributed by atoms with Crippen LogP contribution in [0.5, 0.6) is 0 Å². The summed E-state index contributed by atoms with van der Waals surface area (Å²) in [6, 6.07) is 0.685. The average Bonchev–Trinajstić information content (AvgIpc) is 3.11. The second-order valence-electron chi connectivity index (χ2n) is 5.51. The SMILES string of the molecule is O=C([C@H]1CCCO1)N1CCN(C2CCNC2)CC1. The Morgan fingerprint density at radius 3 is 2.61 bits per heavy atom. The van der Waals surface area contributed by atoms with Gasteiger partial charge in [0, 0.05) is 45.4 Å². The maximum absolute atomic E-state index is 12.2. The number of carbonyl (C=O) groups excluding carboxylic acids is 1. The zero-order valence-corrected chi connectivity index (χ0v) is 10.9. The Hall–Kier alpha value is -0.650. The Bertz CT molecular complexity index is 291. The molecule has 1 N–H and O–H groups in total. The third kappa shape index (κ3) is 2.53. The number of hydrogen-bond acceptors (Lipinski definition) is 4. The second-order valence-corrected chi connectivity index (χ2v) is 5.51. The molecular formula is C13H23N3O2. The van der Waals surface area contributed by atoms with Gasteiger partial charge in [0.2, 0.25) is 0 Å². The maximum Gasteiger partial charge on any atom is 0.251 e. The van der Waals surface area contributed by atoms with Crippen molar-refractivity contribution in [3.05, 3.63) is 0 Å². The molecule has 0 saturated carbocycles. The molecule has 0 aliphatic carbocycles. The minimum absolute atomic E-state index is 0.148. The molecule has 3 heterocycles. The van der Waals surface area contributed by atoms with Crippen LogP contribution in [0.1, 0.15) is 19.3 Å². The summed E-state index contributed by atoms with van der Waals surface area (Å²) in [6.45, 7) is 6.78. The van der Waals surface area contributed by atoms with Gasteiger partial charge in [-0.1, -0.05) is 0 Å². The molecular weight excluding hydrogens is 230 g/mol. The van der Waals surface area contributed by atoms with Crippen LogP contribution in [0.4, 0.5) is 0 Å². The molecule has 0 spiro atoms. The molecule has 0 radical (unpaired) electrons. The topological polar surface area (TPSA) is 44.8 Å². The highest BCUT2D eigenvalue weighted by molar-refractivity contribution is 5.81. The van der Waals surface area contributed by atoms with E-state index in [4.69, 9.17) is 4.74 Å². The van der Waals surface area contributed by atoms with E-state index in [2.05, 4.69) is 10.2 Å². The van der Waals surface area contributed by atoms with Gasteiger partial charge in [-0.2, -0.15) is 0 Å². The molecule has 3 rings (SSSR count). The molecule has 18 heavy (non-hydrogen) atoms. The molecule has 1 amide bonds. The van der Waals surface area contributed by atoms with Gasteiger partial charge in [-0.05, 0) is 25.8 Å². The molecule has 1 unspecified atom stereocenters. The summed E-state index contributed by atoms with van der Waals surface area (Å²) >= 11 is 0. The molecule has 0 bridgehead atoms. The first-order valence-electron chi connectivity index (χ1n) is 7.20. The van der Waals surface area contributed by atoms with Gasteiger partial charge in [0.05, 0.1) is 0 Å². The molecule has 3 aliphatic rings. The lowest BCUT2D eigenvalue weighted by atomic mass is 10.1. The summed E-state index contributed by atoms with van der Waals surface area (Å²) in [6.07, 6.45) is 3.04. The van der Waals surface area contributed by atoms with Crippen LogP contribution in [0.15, 0.2) is 0 Å². The molecule has 5 heteroatoms. The standard InChI is InChI=1S/C13H23N3O2/c17-13(12-2-1-9-18-12)16-7-5-15(6-8-16)11-3-4-14-10-11/h11-12,14H,1-10H2/t11?,12-/m1/s1. The van der Waals surface area contributed by atoms with E-state index in [1.165, 1.54) is 6.42 Å². The number of nitrogens with zero attached hydrogens (tertiary/aromatic N) is 2. The molecule has 102 valence electrons. The highest BCUT2D eigenvalue weighted by Gasteiger charge is 2.32. The Kier molecular flexibility index (Phi) is 3.82. The number of rotatable bonds is 2. The van der Waals surface area contributed by atoms with E-state index in [1.54, 1.807) is 0 Å². The lowest BCUT2D eigenvalue weighted by Crippen LogP contribution is -2.54. The normalized spacial score (nSPS) is 34.1. The monoisotopic (exact) mass is 253 g/mol. The van der Waals surface area contributed by atoms with Crippen molar-refractivity contribution in [2.75, 3.05) is 45.9 Å². The summed E-state index contributed by atoms with van der Waals surface area (Å²) in [5, 5.41) is 3.41. The molecule has 3 aliphatic heterocycles. The van der Waals surface area contributed by atoms with Crippen molar-refractivity contribution in [2.45, 2.75) is 31.4 Å². The fourth-order valence-corrected chi connectivity index (χ4v) is 3.23. The van der Waals surface area contributed by atoms with E-state index in [9.17, 15) is 4.79 Å². The van der Waals surface area contributed by atoms with Gasteiger partial charge in [-0.15, -0.1) is 0 Å². The van der Waals surface area contributed by atoms with E-state index in [-0.39, 0.29) is 12.0 Å². The van der Waals surface area contributed by atoms with E-state index in [0.29, 0.717) is 6.04 Å². The minimum Gasteiger partial charge on any atom is -0.368 e. The third-order valence-corrected chi connectivity index (χ3v) is 4.38. The molecule has 3 fully saturated rings. The van der Waals surface area contributed by atoms with Crippen LogP contribution in [0, 0.1) is 0 Å². The fourth-order valence-electron chi connectivity index (χ4n) is 3.23. The first kappa shape index (κ1) is 12.4. The van der Waals surface area contributed by atoms with Crippen molar-refractivity contribution in [2.24, 2.45) is 0 Å². The van der Waals surface area contributed by atoms with Crippen LogP contribution in [0.25, 0.3) is 0 Å². The Morgan fingerprint density at radius 2 is 2.00 bits per heavy atom. The van der Waals surface area contributed by atoms with Crippen molar-refractivity contribution in [1.29, 1.82) is 0 Å². The highest BCUT2D eigenvalue weighted by atomic mass is 16.5. The summed E-state index contributed by atoms with van der Waals surface area (Å²) < 4.78 is 5.48. The predicted molar refractivity (Wildman–Crippen MR) is 68.4 cm³/mol. The van der Waals surface area contributed by atoms with Crippen LogP contribution in [0.3, 0.4) is 0 Å². The maximum atomic E-state index is 12.2. The molecule has 0 aromatic rings. The third-order valence-electron chi connectivity index (χ3n) is 4.38. The summed E-state index contributed by atoms with van der Waals surface area (Å²) in [4.78, 5) is 16.7. The second kappa shape index (κ2) is 5.55. The van der Waals surface area contributed by atoms with E-state index < -0.39 is 0 Å². The molecule has 2 atom stereocenters. The number of piperazine rings is 1. The number of hydrogen-bond donors (Lipinski definition) is 1. The van der Waals surface area contributed by atoms with Gasteiger partial charge in [0.25, 0.3) is 5.91 Å². The number of nitrogens with one attached hydrogen (secondary N) is 1. The highest BCUT2D eigenvalue weighted by Crippen LogP contribution is 2.17. The predicted octanol–water partition coefficient (Wildman–Crippen LogP) is -0.328. The molecule has 5 nitrogen and oxygen atoms in total. The summed E-state index contributed by atoms with van der Waals surface area (Å²) in [5.74, 6) is 0.219. The van der Waals surface area contributed by atoms with Gasteiger partial charge < -0.3 is 15.0 Å². The quantitative estimate of drug-likeness (QED) is 0.732. The molecule has 0 aromatic carbocycles. The van der Waals surface area contributed by atoms with Crippen LogP contribution < -0.4 is 5.32 Å². The van der Waals surface area contributed by atoms with E-state index in [0.717, 1.165) is 58.7 Å². The zero-order valence-electron chi connectivity index (χ0n) is 10.9. The van der Waals surface area contributed by atoms with Gasteiger partial charge in [0.1, 0.15) is 6.10 Å². The lowest BCUT2D eigenvalue weighted by molar-refractivity contribution is -0.143. The summed E-state index contributed by atoms with van der Waals surface area (Å²) in [5.41, 5.74) is 0. The minimum atomic E-state index is -0.148. The largest absolute Gasteiger partial charge is 0.368 e. The van der Waals surface area contributed by atoms with Crippen LogP contribution in [-0.4, -0.2) is 73.7 Å². The van der Waals surface area contributed by atoms with Crippen molar-refractivity contribution in [3.63, 3.8) is 0 Å². The number of carbonyl (C=O) groups is 1. The lowest BCUT2D eigenvalue weighted by Gasteiger charge is -2.38. The average molecular weight is 253 g/mol. The van der Waals surface area contributed by atoms with Gasteiger partial charge >= 0.3 is 0 Å². The van der Waals surface area contributed by atoms with E-state index in [1.807, 2.05) is 4.90 Å². The Labute approximate surface area is 108 Å². The van der Waals surface area contributed by atoms with Crippen molar-refractivity contribution in [3.8, 4) is 0 Å². The summed E-state index contributed by atoms with van der Waals surface area (Å²) in [7, 11) is 0. The fraction of sp³-hybridized carbons (Fsp3) is 0.923. The Morgan fingerprint density at radius 1 is 1.17 bits per heavy atom. The van der Waals surface area contributed by atoms with Crippen molar-refractivity contribution >= 4 is 5.91 Å². The first-order chi connectivity index (χ1) is 8.84. The van der Waals surface area contributed by atoms with Crippen LogP contribution in [-0.2, 0) is 9.53 Å². The van der Waals surface area contributed by atoms with Crippen LogP contribution in [0.2, 0.25) is 0 Å². The van der Waals surface area contributed by atoms with Crippen molar-refractivity contribution in [1.82, 2.24) is 15.1 Å². The molecule has 3 saturated heterocycles. The number of ether oxygens (including phenoxy) is 1.